The van der Waals surface area contributed by atoms with E-state index in [-0.39, 0.29) is 0 Å². The summed E-state index contributed by atoms with van der Waals surface area (Å²) in [6, 6.07) is 0. The molecule has 0 bridgehead atoms. The molecular formula is C15H22. The van der Waals surface area contributed by atoms with Crippen LogP contribution >= 0.6 is 0 Å². The van der Waals surface area contributed by atoms with Gasteiger partial charge in [-0.3, -0.25) is 0 Å². The highest BCUT2D eigenvalue weighted by atomic mass is 14.5. The van der Waals surface area contributed by atoms with Crippen LogP contribution in [0.3, 0.4) is 0 Å². The Morgan fingerprint density at radius 2 is 1.80 bits per heavy atom. The van der Waals surface area contributed by atoms with E-state index in [9.17, 15) is 0 Å². The number of hydrogen-bond donors (Lipinski definition) is 0. The Morgan fingerprint density at radius 3 is 2.47 bits per heavy atom. The lowest BCUT2D eigenvalue weighted by atomic mass is 9.84. The van der Waals surface area contributed by atoms with Crippen molar-refractivity contribution in [3.05, 3.63) is 34.9 Å². The largest absolute Gasteiger partial charge is 0.0769 e. The Balaban J connectivity index is 0.000000404. The predicted molar refractivity (Wildman–Crippen MR) is 66.8 cm³/mol. The topological polar surface area (TPSA) is 0 Å². The second-order valence-electron chi connectivity index (χ2n) is 4.85. The molecular weight excluding hydrogens is 180 g/mol. The van der Waals surface area contributed by atoms with E-state index in [0.717, 1.165) is 0 Å². The zero-order valence-electron chi connectivity index (χ0n) is 10.3. The molecule has 0 N–H and O–H groups in total. The predicted octanol–water partition coefficient (Wildman–Crippen LogP) is 4.79. The molecule has 3 aliphatic rings. The van der Waals surface area contributed by atoms with Crippen molar-refractivity contribution in [2.45, 2.75) is 52.9 Å². The molecule has 15 heavy (non-hydrogen) atoms. The number of allylic oxidation sites excluding steroid dienone is 6. The van der Waals surface area contributed by atoms with Crippen LogP contribution in [0, 0.1) is 5.41 Å². The van der Waals surface area contributed by atoms with E-state index in [2.05, 4.69) is 25.2 Å². The van der Waals surface area contributed by atoms with Crippen LogP contribution in [-0.4, -0.2) is 0 Å². The molecule has 0 aromatic rings. The molecule has 0 aromatic carbocycles. The molecule has 0 heteroatoms. The Bertz CT molecular complexity index is 335. The van der Waals surface area contributed by atoms with E-state index in [4.69, 9.17) is 0 Å². The maximum Gasteiger partial charge on any atom is -0.0112 e. The van der Waals surface area contributed by atoms with E-state index in [1.54, 1.807) is 11.1 Å². The Kier molecular flexibility index (Phi) is 2.86. The highest BCUT2D eigenvalue weighted by Crippen LogP contribution is 2.55. The molecule has 0 nitrogen and oxygen atoms in total. The SMILES string of the molecule is CC.CC1(C2=CC3=CCC=C3CC2)CC1. The molecule has 1 fully saturated rings. The van der Waals surface area contributed by atoms with Gasteiger partial charge >= 0.3 is 0 Å². The molecule has 0 saturated heterocycles. The van der Waals surface area contributed by atoms with Crippen molar-refractivity contribution in [1.82, 2.24) is 0 Å². The first-order valence-corrected chi connectivity index (χ1v) is 6.39. The molecule has 82 valence electrons. The van der Waals surface area contributed by atoms with Gasteiger partial charge in [-0.15, -0.1) is 0 Å². The zero-order chi connectivity index (χ0) is 10.9. The second kappa shape index (κ2) is 4.00. The first kappa shape index (κ1) is 10.7. The molecule has 0 aliphatic heterocycles. The summed E-state index contributed by atoms with van der Waals surface area (Å²) in [4.78, 5) is 0. The summed E-state index contributed by atoms with van der Waals surface area (Å²) in [5, 5.41) is 0. The van der Waals surface area contributed by atoms with Crippen LogP contribution in [0.5, 0.6) is 0 Å². The van der Waals surface area contributed by atoms with Gasteiger partial charge in [0.25, 0.3) is 0 Å². The maximum absolute atomic E-state index is 2.47. The first-order valence-electron chi connectivity index (χ1n) is 6.39. The molecule has 3 rings (SSSR count). The smallest absolute Gasteiger partial charge is 0.0112 e. The average molecular weight is 202 g/mol. The van der Waals surface area contributed by atoms with Crippen molar-refractivity contribution < 1.29 is 0 Å². The summed E-state index contributed by atoms with van der Waals surface area (Å²) in [6.45, 7) is 6.42. The van der Waals surface area contributed by atoms with Crippen molar-refractivity contribution in [3.8, 4) is 0 Å². The monoisotopic (exact) mass is 202 g/mol. The van der Waals surface area contributed by atoms with E-state index in [1.165, 1.54) is 37.7 Å². The maximum atomic E-state index is 2.47. The summed E-state index contributed by atoms with van der Waals surface area (Å²) >= 11 is 0. The molecule has 0 radical (unpaired) electrons. The molecule has 0 atom stereocenters. The van der Waals surface area contributed by atoms with Crippen LogP contribution in [0.1, 0.15) is 52.9 Å². The van der Waals surface area contributed by atoms with Gasteiger partial charge in [0, 0.05) is 0 Å². The highest BCUT2D eigenvalue weighted by Gasteiger charge is 2.41. The van der Waals surface area contributed by atoms with Crippen molar-refractivity contribution in [1.29, 1.82) is 0 Å². The minimum Gasteiger partial charge on any atom is -0.0769 e. The highest BCUT2D eigenvalue weighted by molar-refractivity contribution is 5.50. The summed E-state index contributed by atoms with van der Waals surface area (Å²) < 4.78 is 0. The third-order valence-electron chi connectivity index (χ3n) is 3.84. The van der Waals surface area contributed by atoms with Crippen molar-refractivity contribution in [3.63, 3.8) is 0 Å². The third-order valence-corrected chi connectivity index (χ3v) is 3.84. The summed E-state index contributed by atoms with van der Waals surface area (Å²) in [5.41, 5.74) is 5.47. The number of hydrogen-bond acceptors (Lipinski definition) is 0. The van der Waals surface area contributed by atoms with Gasteiger partial charge in [0.05, 0.1) is 0 Å². The normalized spacial score (nSPS) is 25.4. The minimum atomic E-state index is 0.606. The quantitative estimate of drug-likeness (QED) is 0.573. The molecule has 3 aliphatic carbocycles. The van der Waals surface area contributed by atoms with Gasteiger partial charge in [0.2, 0.25) is 0 Å². The Labute approximate surface area is 93.8 Å². The van der Waals surface area contributed by atoms with Crippen LogP contribution in [0.15, 0.2) is 34.9 Å². The van der Waals surface area contributed by atoms with E-state index in [1.807, 2.05) is 13.8 Å². The fraction of sp³-hybridized carbons (Fsp3) is 0.600. The average Bonchev–Trinajstić information content (AvgIpc) is 2.87. The Hall–Kier alpha value is -0.780. The fourth-order valence-corrected chi connectivity index (χ4v) is 2.49. The van der Waals surface area contributed by atoms with Crippen LogP contribution in [0.4, 0.5) is 0 Å². The summed E-state index contributed by atoms with van der Waals surface area (Å²) in [6.07, 6.45) is 13.9. The molecule has 0 heterocycles. The lowest BCUT2D eigenvalue weighted by Crippen LogP contribution is -2.05. The molecule has 0 amide bonds. The van der Waals surface area contributed by atoms with Gasteiger partial charge in [-0.2, -0.15) is 0 Å². The molecule has 1 saturated carbocycles. The van der Waals surface area contributed by atoms with Gasteiger partial charge in [-0.1, -0.05) is 44.6 Å². The number of rotatable bonds is 1. The van der Waals surface area contributed by atoms with Gasteiger partial charge in [-0.05, 0) is 48.7 Å². The van der Waals surface area contributed by atoms with Crippen molar-refractivity contribution in [2.75, 3.05) is 0 Å². The van der Waals surface area contributed by atoms with Gasteiger partial charge in [0.15, 0.2) is 0 Å². The van der Waals surface area contributed by atoms with Crippen LogP contribution in [-0.2, 0) is 0 Å². The van der Waals surface area contributed by atoms with Crippen molar-refractivity contribution in [2.24, 2.45) is 5.41 Å². The molecule has 0 unspecified atom stereocenters. The van der Waals surface area contributed by atoms with Gasteiger partial charge in [0.1, 0.15) is 0 Å². The lowest BCUT2D eigenvalue weighted by Gasteiger charge is -2.21. The van der Waals surface area contributed by atoms with E-state index < -0.39 is 0 Å². The van der Waals surface area contributed by atoms with E-state index in [0.29, 0.717) is 5.41 Å². The molecule has 0 spiro atoms. The number of fused-ring (bicyclic) bond motifs is 1. The second-order valence-corrected chi connectivity index (χ2v) is 4.85. The van der Waals surface area contributed by atoms with E-state index >= 15 is 0 Å². The van der Waals surface area contributed by atoms with Crippen LogP contribution < -0.4 is 0 Å². The third kappa shape index (κ3) is 1.95. The standard InChI is InChI=1S/C13H16.C2H6/c1-13(7-8-13)12-6-5-10-3-2-4-11(10)9-12;1-2/h3-4,9H,2,5-8H2,1H3;1-2H3. The van der Waals surface area contributed by atoms with Crippen molar-refractivity contribution >= 4 is 0 Å². The summed E-state index contributed by atoms with van der Waals surface area (Å²) in [7, 11) is 0. The minimum absolute atomic E-state index is 0.606. The van der Waals surface area contributed by atoms with Crippen LogP contribution in [0.2, 0.25) is 0 Å². The first-order chi connectivity index (χ1) is 7.28. The lowest BCUT2D eigenvalue weighted by molar-refractivity contribution is 0.635. The Morgan fingerprint density at radius 1 is 1.07 bits per heavy atom. The summed E-state index contributed by atoms with van der Waals surface area (Å²) in [5.74, 6) is 0. The fourth-order valence-electron chi connectivity index (χ4n) is 2.49. The molecule has 0 aromatic heterocycles. The van der Waals surface area contributed by atoms with Gasteiger partial charge < -0.3 is 0 Å². The van der Waals surface area contributed by atoms with Gasteiger partial charge in [-0.25, -0.2) is 0 Å². The van der Waals surface area contributed by atoms with Crippen LogP contribution in [0.25, 0.3) is 0 Å². The zero-order valence-corrected chi connectivity index (χ0v) is 10.3.